The molecule has 0 amide bonds. The van der Waals surface area contributed by atoms with E-state index in [1.165, 1.54) is 0 Å². The molecule has 1 rings (SSSR count). The molecule has 0 unspecified atom stereocenters. The molecule has 0 saturated carbocycles. The Bertz CT molecular complexity index is 142. The van der Waals surface area contributed by atoms with Gasteiger partial charge in [-0.2, -0.15) is 0 Å². The van der Waals surface area contributed by atoms with Crippen LogP contribution < -0.4 is 0 Å². The number of H-pyrrole nitrogens is 1. The van der Waals surface area contributed by atoms with Gasteiger partial charge in [0.1, 0.15) is 0 Å². The third-order valence-electron chi connectivity index (χ3n) is 0.617. The second kappa shape index (κ2) is 1.55. The maximum absolute atomic E-state index is 6.63. The number of nitrogens with one attached hydrogen (secondary N) is 2. The summed E-state index contributed by atoms with van der Waals surface area (Å²) in [7, 11) is 0. The van der Waals surface area contributed by atoms with Gasteiger partial charge in [0, 0.05) is 12.4 Å². The standard InChI is InChI=1S/C4H4N3/c5-1-4-2-6-3-7-4/h1-2,5H,(H,6,7). The highest BCUT2D eigenvalue weighted by atomic mass is 14.9. The molecule has 35 valence electrons. The molecule has 0 spiro atoms. The van der Waals surface area contributed by atoms with Gasteiger partial charge in [0.05, 0.1) is 5.69 Å². The van der Waals surface area contributed by atoms with Crippen molar-refractivity contribution in [3.8, 4) is 0 Å². The lowest BCUT2D eigenvalue weighted by Crippen LogP contribution is -1.72. The summed E-state index contributed by atoms with van der Waals surface area (Å²) in [4.78, 5) is 6.20. The zero-order valence-corrected chi connectivity index (χ0v) is 3.60. The van der Waals surface area contributed by atoms with Crippen LogP contribution >= 0.6 is 0 Å². The molecule has 0 fully saturated rings. The summed E-state index contributed by atoms with van der Waals surface area (Å²) in [5, 5.41) is 6.63. The van der Waals surface area contributed by atoms with Gasteiger partial charge in [-0.1, -0.05) is 0 Å². The van der Waals surface area contributed by atoms with Gasteiger partial charge in [0.25, 0.3) is 0 Å². The minimum Gasteiger partial charge on any atom is -0.341 e. The Morgan fingerprint density at radius 3 is 3.14 bits per heavy atom. The highest BCUT2D eigenvalue weighted by molar-refractivity contribution is 5.73. The third kappa shape index (κ3) is 0.652. The molecule has 1 aromatic rings. The van der Waals surface area contributed by atoms with Crippen molar-refractivity contribution < 1.29 is 0 Å². The van der Waals surface area contributed by atoms with E-state index in [1.807, 2.05) is 0 Å². The van der Waals surface area contributed by atoms with Crippen LogP contribution in [0, 0.1) is 11.7 Å². The van der Waals surface area contributed by atoms with Gasteiger partial charge in [-0.05, 0) is 0 Å². The van der Waals surface area contributed by atoms with E-state index in [1.54, 1.807) is 6.20 Å². The minimum atomic E-state index is 0.611. The molecule has 3 heteroatoms. The molecule has 0 atom stereocenters. The number of hydrogen-bond acceptors (Lipinski definition) is 2. The second-order valence-corrected chi connectivity index (χ2v) is 1.08. The third-order valence-corrected chi connectivity index (χ3v) is 0.617. The predicted molar refractivity (Wildman–Crippen MR) is 25.3 cm³/mol. The van der Waals surface area contributed by atoms with Crippen LogP contribution in [0.1, 0.15) is 5.69 Å². The number of rotatable bonds is 1. The molecule has 0 aromatic carbocycles. The number of hydrogen-bond donors (Lipinski definition) is 2. The molecule has 7 heavy (non-hydrogen) atoms. The molecule has 0 aliphatic rings. The van der Waals surface area contributed by atoms with Gasteiger partial charge in [-0.25, -0.2) is 4.98 Å². The molecule has 1 radical (unpaired) electrons. The summed E-state index contributed by atoms with van der Waals surface area (Å²) in [6.45, 7) is 0. The van der Waals surface area contributed by atoms with E-state index < -0.39 is 0 Å². The fourth-order valence-corrected chi connectivity index (χ4v) is 0.309. The molecular weight excluding hydrogens is 90.1 g/mol. The van der Waals surface area contributed by atoms with Crippen molar-refractivity contribution in [2.24, 2.45) is 0 Å². The zero-order valence-electron chi connectivity index (χ0n) is 3.60. The van der Waals surface area contributed by atoms with E-state index in [2.05, 4.69) is 16.3 Å². The molecule has 0 aliphatic carbocycles. The molecule has 1 aromatic heterocycles. The van der Waals surface area contributed by atoms with Gasteiger partial charge >= 0.3 is 0 Å². The zero-order chi connectivity index (χ0) is 5.11. The molecule has 0 bridgehead atoms. The first-order valence-electron chi connectivity index (χ1n) is 1.85. The Labute approximate surface area is 40.9 Å². The Morgan fingerprint density at radius 2 is 2.86 bits per heavy atom. The molecule has 1 heterocycles. The summed E-state index contributed by atoms with van der Waals surface area (Å²) in [6, 6.07) is 0. The first-order chi connectivity index (χ1) is 3.43. The topological polar surface area (TPSA) is 52.5 Å². The number of imidazole rings is 1. The van der Waals surface area contributed by atoms with E-state index >= 15 is 0 Å². The largest absolute Gasteiger partial charge is 0.341 e. The number of nitrogens with zero attached hydrogens (tertiary/aromatic N) is 1. The molecule has 0 aliphatic heterocycles. The summed E-state index contributed by atoms with van der Waals surface area (Å²) >= 11 is 0. The van der Waals surface area contributed by atoms with Gasteiger partial charge in [-0.15, -0.1) is 0 Å². The van der Waals surface area contributed by atoms with Crippen LogP contribution in [-0.4, -0.2) is 16.2 Å². The lowest BCUT2D eigenvalue weighted by atomic mass is 10.5. The van der Waals surface area contributed by atoms with Gasteiger partial charge in [0.2, 0.25) is 0 Å². The maximum Gasteiger partial charge on any atom is 0.174 e. The summed E-state index contributed by atoms with van der Waals surface area (Å²) in [6.07, 6.45) is 5.22. The molecule has 2 N–H and O–H groups in total. The molecule has 0 saturated heterocycles. The number of aromatic amines is 1. The normalized spacial score (nSPS) is 8.57. The second-order valence-electron chi connectivity index (χ2n) is 1.08. The van der Waals surface area contributed by atoms with Crippen LogP contribution in [0.15, 0.2) is 6.20 Å². The van der Waals surface area contributed by atoms with Crippen LogP contribution in [0.25, 0.3) is 0 Å². The highest BCUT2D eigenvalue weighted by Crippen LogP contribution is 1.79. The first-order valence-corrected chi connectivity index (χ1v) is 1.85. The lowest BCUT2D eigenvalue weighted by molar-refractivity contribution is 1.28. The van der Waals surface area contributed by atoms with E-state index in [-0.39, 0.29) is 0 Å². The Kier molecular flexibility index (Phi) is 0.898. The van der Waals surface area contributed by atoms with Crippen molar-refractivity contribution in [2.75, 3.05) is 0 Å². The van der Waals surface area contributed by atoms with Crippen molar-refractivity contribution in [3.63, 3.8) is 0 Å². The van der Waals surface area contributed by atoms with E-state index in [4.69, 9.17) is 5.41 Å². The van der Waals surface area contributed by atoms with E-state index in [9.17, 15) is 0 Å². The van der Waals surface area contributed by atoms with Gasteiger partial charge in [-0.3, -0.25) is 0 Å². The average molecular weight is 94.1 g/mol. The van der Waals surface area contributed by atoms with Crippen LogP contribution in [0.2, 0.25) is 0 Å². The van der Waals surface area contributed by atoms with E-state index in [0.717, 1.165) is 6.21 Å². The van der Waals surface area contributed by atoms with Crippen LogP contribution in [0.3, 0.4) is 0 Å². The Morgan fingerprint density at radius 1 is 2.00 bits per heavy atom. The quantitative estimate of drug-likeness (QED) is 0.480. The van der Waals surface area contributed by atoms with Gasteiger partial charge in [0.15, 0.2) is 6.33 Å². The fraction of sp³-hybridized carbons (Fsp3) is 0. The van der Waals surface area contributed by atoms with Crippen molar-refractivity contribution in [2.45, 2.75) is 0 Å². The summed E-state index contributed by atoms with van der Waals surface area (Å²) in [5.74, 6) is 0. The summed E-state index contributed by atoms with van der Waals surface area (Å²) in [5.41, 5.74) is 0.611. The predicted octanol–water partition coefficient (Wildman–Crippen LogP) is 0.208. The van der Waals surface area contributed by atoms with Crippen LogP contribution in [-0.2, 0) is 0 Å². The van der Waals surface area contributed by atoms with Gasteiger partial charge < -0.3 is 10.4 Å². The highest BCUT2D eigenvalue weighted by Gasteiger charge is 1.81. The maximum atomic E-state index is 6.63. The van der Waals surface area contributed by atoms with Crippen molar-refractivity contribution in [1.29, 1.82) is 5.41 Å². The van der Waals surface area contributed by atoms with Crippen molar-refractivity contribution in [3.05, 3.63) is 18.2 Å². The van der Waals surface area contributed by atoms with Crippen LogP contribution in [0.5, 0.6) is 0 Å². The Balaban J connectivity index is 2.96. The smallest absolute Gasteiger partial charge is 0.174 e. The van der Waals surface area contributed by atoms with Crippen molar-refractivity contribution >= 4 is 6.21 Å². The Hall–Kier alpha value is -1.12. The SMILES string of the molecule is N=Cc1c[nH][c]n1. The number of aromatic nitrogens is 2. The molecule has 3 nitrogen and oxygen atoms in total. The van der Waals surface area contributed by atoms with E-state index in [0.29, 0.717) is 5.69 Å². The average Bonchev–Trinajstić information content (AvgIpc) is 2.14. The summed E-state index contributed by atoms with van der Waals surface area (Å²) < 4.78 is 0. The first kappa shape index (κ1) is 4.05. The van der Waals surface area contributed by atoms with Crippen LogP contribution in [0.4, 0.5) is 0 Å². The fourth-order valence-electron chi connectivity index (χ4n) is 0.309. The minimum absolute atomic E-state index is 0.611. The molecular formula is C4H4N3. The monoisotopic (exact) mass is 94.0 g/mol. The van der Waals surface area contributed by atoms with Crippen molar-refractivity contribution in [1.82, 2.24) is 9.97 Å². The lowest BCUT2D eigenvalue weighted by Gasteiger charge is -1.67.